The van der Waals surface area contributed by atoms with Gasteiger partial charge in [0, 0.05) is 4.91 Å². The van der Waals surface area contributed by atoms with E-state index in [2.05, 4.69) is 44.9 Å². The van der Waals surface area contributed by atoms with Crippen LogP contribution in [0.5, 0.6) is 0 Å². The van der Waals surface area contributed by atoms with Crippen molar-refractivity contribution in [2.45, 2.75) is 65.7 Å². The van der Waals surface area contributed by atoms with Crippen molar-refractivity contribution in [3.63, 3.8) is 0 Å². The molecular formula is C23H31NS. The van der Waals surface area contributed by atoms with Crippen LogP contribution in [0.25, 0.3) is 0 Å². The highest BCUT2D eigenvalue weighted by atomic mass is 32.2. The van der Waals surface area contributed by atoms with Gasteiger partial charge in [0.05, 0.1) is 0 Å². The van der Waals surface area contributed by atoms with E-state index in [0.29, 0.717) is 17.3 Å². The second kappa shape index (κ2) is 6.05. The average molecular weight is 354 g/mol. The monoisotopic (exact) mass is 353 g/mol. The largest absolute Gasteiger partial charge is 0.185 e. The third-order valence-corrected chi connectivity index (χ3v) is 9.06. The SMILES string of the molecule is C=C1C[C@H]2[C@@H]3C=C(SC#N)C4=CCCC[C@]4(C)[C@H]3CC[C@]2(C)[C@H]1CC. The van der Waals surface area contributed by atoms with Crippen LogP contribution in [-0.4, -0.2) is 0 Å². The number of rotatable bonds is 2. The van der Waals surface area contributed by atoms with Gasteiger partial charge in [-0.25, -0.2) is 0 Å². The van der Waals surface area contributed by atoms with Crippen molar-refractivity contribution in [1.29, 1.82) is 5.26 Å². The molecule has 6 atom stereocenters. The van der Waals surface area contributed by atoms with E-state index in [9.17, 15) is 5.26 Å². The highest BCUT2D eigenvalue weighted by Gasteiger charge is 2.59. The van der Waals surface area contributed by atoms with Crippen LogP contribution in [0.3, 0.4) is 0 Å². The van der Waals surface area contributed by atoms with Gasteiger partial charge < -0.3 is 0 Å². The fraction of sp³-hybridized carbons (Fsp3) is 0.696. The van der Waals surface area contributed by atoms with Crippen molar-refractivity contribution < 1.29 is 0 Å². The predicted molar refractivity (Wildman–Crippen MR) is 107 cm³/mol. The summed E-state index contributed by atoms with van der Waals surface area (Å²) < 4.78 is 0. The smallest absolute Gasteiger partial charge is 0.138 e. The first-order valence-electron chi connectivity index (χ1n) is 10.1. The normalized spacial score (nSPS) is 45.6. The summed E-state index contributed by atoms with van der Waals surface area (Å²) in [5.41, 5.74) is 3.69. The number of allylic oxidation sites excluding steroid dienone is 4. The molecule has 0 heterocycles. The molecule has 0 N–H and O–H groups in total. The lowest BCUT2D eigenvalue weighted by Gasteiger charge is -2.57. The summed E-state index contributed by atoms with van der Waals surface area (Å²) >= 11 is 1.41. The summed E-state index contributed by atoms with van der Waals surface area (Å²) in [6.45, 7) is 11.9. The number of fused-ring (bicyclic) bond motifs is 5. The van der Waals surface area contributed by atoms with Crippen molar-refractivity contribution in [2.75, 3.05) is 0 Å². The van der Waals surface area contributed by atoms with E-state index >= 15 is 0 Å². The van der Waals surface area contributed by atoms with Gasteiger partial charge in [-0.1, -0.05) is 45.1 Å². The van der Waals surface area contributed by atoms with Crippen molar-refractivity contribution in [3.8, 4) is 5.40 Å². The second-order valence-corrected chi connectivity index (χ2v) is 10.1. The molecule has 0 bridgehead atoms. The maximum absolute atomic E-state index is 9.38. The third kappa shape index (κ3) is 2.34. The fourth-order valence-corrected chi connectivity index (χ4v) is 7.99. The fourth-order valence-electron chi connectivity index (χ4n) is 7.24. The maximum atomic E-state index is 9.38. The van der Waals surface area contributed by atoms with Crippen molar-refractivity contribution >= 4 is 11.8 Å². The highest BCUT2D eigenvalue weighted by Crippen LogP contribution is 2.68. The van der Waals surface area contributed by atoms with E-state index in [-0.39, 0.29) is 5.41 Å². The van der Waals surface area contributed by atoms with Gasteiger partial charge in [0.2, 0.25) is 0 Å². The minimum Gasteiger partial charge on any atom is -0.185 e. The van der Waals surface area contributed by atoms with Crippen LogP contribution in [0.15, 0.2) is 34.8 Å². The van der Waals surface area contributed by atoms with Crippen molar-refractivity contribution in [1.82, 2.24) is 0 Å². The molecule has 2 heteroatoms. The Bertz CT molecular complexity index is 695. The summed E-state index contributed by atoms with van der Waals surface area (Å²) in [4.78, 5) is 1.28. The average Bonchev–Trinajstić information content (AvgIpc) is 2.85. The first kappa shape index (κ1) is 17.5. The molecule has 0 aromatic carbocycles. The second-order valence-electron chi connectivity index (χ2n) is 9.31. The van der Waals surface area contributed by atoms with Gasteiger partial charge in [-0.05, 0) is 96.8 Å². The Morgan fingerprint density at radius 3 is 2.84 bits per heavy atom. The first-order chi connectivity index (χ1) is 12.0. The number of thioether (sulfide) groups is 1. The van der Waals surface area contributed by atoms with Gasteiger partial charge in [0.25, 0.3) is 0 Å². The van der Waals surface area contributed by atoms with E-state index in [1.54, 1.807) is 0 Å². The zero-order chi connectivity index (χ0) is 17.8. The molecule has 4 rings (SSSR count). The Morgan fingerprint density at radius 2 is 2.12 bits per heavy atom. The highest BCUT2D eigenvalue weighted by molar-refractivity contribution is 8.07. The van der Waals surface area contributed by atoms with Crippen molar-refractivity contribution in [3.05, 3.63) is 34.8 Å². The molecule has 0 saturated heterocycles. The zero-order valence-electron chi connectivity index (χ0n) is 16.0. The van der Waals surface area contributed by atoms with Gasteiger partial charge >= 0.3 is 0 Å². The molecule has 1 nitrogen and oxygen atoms in total. The van der Waals surface area contributed by atoms with Gasteiger partial charge in [0.15, 0.2) is 0 Å². The lowest BCUT2D eigenvalue weighted by Crippen LogP contribution is -2.49. The Hall–Kier alpha value is -0.940. The number of thiocyanates is 1. The molecule has 2 saturated carbocycles. The molecule has 0 amide bonds. The lowest BCUT2D eigenvalue weighted by molar-refractivity contribution is -0.0148. The Balaban J connectivity index is 1.81. The molecule has 0 radical (unpaired) electrons. The quantitative estimate of drug-likeness (QED) is 0.400. The summed E-state index contributed by atoms with van der Waals surface area (Å²) in [7, 11) is 0. The lowest BCUT2D eigenvalue weighted by atomic mass is 9.48. The van der Waals surface area contributed by atoms with Crippen LogP contribution >= 0.6 is 11.8 Å². The topological polar surface area (TPSA) is 23.8 Å². The van der Waals surface area contributed by atoms with Crippen LogP contribution in [0.1, 0.15) is 65.7 Å². The molecule has 0 aromatic heterocycles. The van der Waals surface area contributed by atoms with Crippen LogP contribution in [-0.2, 0) is 0 Å². The number of hydrogen-bond acceptors (Lipinski definition) is 2. The standard InChI is InChI=1S/C23H31NS/c1-5-17-15(2)12-20-16-13-21(25-14-24)19-8-6-7-10-22(19,3)18(16)9-11-23(17,20)4/h8,13,16-18,20H,2,5-7,9-12H2,1,3-4H3/t16-,17+,18+,20+,22-,23-/m1/s1. The van der Waals surface area contributed by atoms with E-state index in [1.807, 2.05) is 0 Å². The van der Waals surface area contributed by atoms with Crippen LogP contribution < -0.4 is 0 Å². The molecule has 134 valence electrons. The molecule has 2 fully saturated rings. The summed E-state index contributed by atoms with van der Waals surface area (Å²) in [6.07, 6.45) is 13.9. The van der Waals surface area contributed by atoms with Crippen LogP contribution in [0, 0.1) is 45.2 Å². The van der Waals surface area contributed by atoms with Gasteiger partial charge in [-0.3, -0.25) is 0 Å². The van der Waals surface area contributed by atoms with Gasteiger partial charge in [-0.15, -0.1) is 0 Å². The number of nitriles is 1. The van der Waals surface area contributed by atoms with E-state index in [0.717, 1.165) is 11.8 Å². The van der Waals surface area contributed by atoms with E-state index in [4.69, 9.17) is 0 Å². The molecule has 4 aliphatic carbocycles. The molecule has 0 spiro atoms. The Morgan fingerprint density at radius 1 is 1.32 bits per heavy atom. The first-order valence-corrected chi connectivity index (χ1v) is 10.9. The molecule has 4 aliphatic rings. The minimum atomic E-state index is 0.282. The summed E-state index contributed by atoms with van der Waals surface area (Å²) in [5.74, 6) is 2.79. The molecule has 25 heavy (non-hydrogen) atoms. The zero-order valence-corrected chi connectivity index (χ0v) is 16.8. The van der Waals surface area contributed by atoms with Crippen LogP contribution in [0.4, 0.5) is 0 Å². The molecule has 0 aliphatic heterocycles. The number of nitrogens with zero attached hydrogens (tertiary/aromatic N) is 1. The van der Waals surface area contributed by atoms with Crippen LogP contribution in [0.2, 0.25) is 0 Å². The van der Waals surface area contributed by atoms with E-state index in [1.165, 1.54) is 72.8 Å². The van der Waals surface area contributed by atoms with E-state index < -0.39 is 0 Å². The van der Waals surface area contributed by atoms with Gasteiger partial charge in [-0.2, -0.15) is 5.26 Å². The molecule has 0 unspecified atom stereocenters. The summed E-state index contributed by atoms with van der Waals surface area (Å²) in [6, 6.07) is 0. The third-order valence-electron chi connectivity index (χ3n) is 8.40. The Labute approximate surface area is 157 Å². The maximum Gasteiger partial charge on any atom is 0.138 e. The van der Waals surface area contributed by atoms with Crippen molar-refractivity contribution in [2.24, 2.45) is 34.5 Å². The summed E-state index contributed by atoms with van der Waals surface area (Å²) in [5, 5.41) is 11.8. The predicted octanol–water partition coefficient (Wildman–Crippen LogP) is 6.85. The number of hydrogen-bond donors (Lipinski definition) is 0. The minimum absolute atomic E-state index is 0.282. The van der Waals surface area contributed by atoms with Gasteiger partial charge in [0.1, 0.15) is 5.40 Å². The molecular weight excluding hydrogens is 322 g/mol. The molecule has 0 aromatic rings. The Kier molecular flexibility index (Phi) is 4.23.